The summed E-state index contributed by atoms with van der Waals surface area (Å²) in [5.41, 5.74) is 0.787. The molecule has 0 unspecified atom stereocenters. The molecule has 0 atom stereocenters. The summed E-state index contributed by atoms with van der Waals surface area (Å²) in [6.07, 6.45) is 3.71. The zero-order chi connectivity index (χ0) is 18.2. The molecule has 0 aromatic heterocycles. The van der Waals surface area contributed by atoms with Crippen LogP contribution in [-0.2, 0) is 0 Å². The van der Waals surface area contributed by atoms with E-state index in [9.17, 15) is 8.78 Å². The summed E-state index contributed by atoms with van der Waals surface area (Å²) in [4.78, 5) is 7.65. The van der Waals surface area contributed by atoms with Gasteiger partial charge in [0.2, 0.25) is 12.2 Å². The average molecular weight is 348 g/mol. The number of rotatable bonds is 3. The number of nitriles is 1. The molecule has 1 aromatic rings. The van der Waals surface area contributed by atoms with E-state index >= 15 is 0 Å². The van der Waals surface area contributed by atoms with Gasteiger partial charge in [-0.2, -0.15) is 14.0 Å². The first-order valence-corrected chi connectivity index (χ1v) is 7.77. The van der Waals surface area contributed by atoms with Crippen molar-refractivity contribution in [2.24, 2.45) is 4.99 Å². The minimum absolute atomic E-state index is 0.0503. The number of fused-ring (bicyclic) bond motifs is 1. The van der Waals surface area contributed by atoms with Gasteiger partial charge in [-0.3, -0.25) is 0 Å². The van der Waals surface area contributed by atoms with E-state index in [1.807, 2.05) is 43.0 Å². The van der Waals surface area contributed by atoms with Crippen LogP contribution in [0.2, 0.25) is 0 Å². The molecule has 132 valence electrons. The van der Waals surface area contributed by atoms with Crippen molar-refractivity contribution in [1.82, 2.24) is 9.80 Å². The molecule has 25 heavy (non-hydrogen) atoms. The molecule has 3 rings (SSSR count). The Morgan fingerprint density at radius 2 is 2.12 bits per heavy atom. The molecule has 0 amide bonds. The highest BCUT2D eigenvalue weighted by Gasteiger charge is 2.34. The largest absolute Gasteiger partial charge is 0.483 e. The lowest BCUT2D eigenvalue weighted by Gasteiger charge is -2.34. The van der Waals surface area contributed by atoms with Gasteiger partial charge in [-0.1, -0.05) is 0 Å². The Bertz CT molecular complexity index is 783. The zero-order valence-corrected chi connectivity index (χ0v) is 14.2. The van der Waals surface area contributed by atoms with Gasteiger partial charge in [0.15, 0.2) is 0 Å². The number of hydrogen-bond donors (Lipinski definition) is 0. The van der Waals surface area contributed by atoms with Crippen molar-refractivity contribution in [3.63, 3.8) is 0 Å². The Labute approximate surface area is 144 Å². The second kappa shape index (κ2) is 6.24. The van der Waals surface area contributed by atoms with Crippen molar-refractivity contribution in [1.29, 1.82) is 5.26 Å². The lowest BCUT2D eigenvalue weighted by atomic mass is 9.98. The number of hydrogen-bond acceptors (Lipinski definition) is 4. The monoisotopic (exact) mass is 348 g/mol. The minimum atomic E-state index is -2.90. The summed E-state index contributed by atoms with van der Waals surface area (Å²) in [5, 5.41) is 8.96. The highest BCUT2D eigenvalue weighted by atomic mass is 19.3. The van der Waals surface area contributed by atoms with Gasteiger partial charge in [-0.25, -0.2) is 0 Å². The second-order valence-electron chi connectivity index (χ2n) is 6.36. The van der Waals surface area contributed by atoms with Crippen molar-refractivity contribution in [3.8, 4) is 17.7 Å². The number of halogens is 2. The first kappa shape index (κ1) is 17.0. The van der Waals surface area contributed by atoms with Gasteiger partial charge in [0, 0.05) is 25.7 Å². The van der Waals surface area contributed by atoms with E-state index in [0.717, 1.165) is 5.70 Å². The van der Waals surface area contributed by atoms with Gasteiger partial charge in [0.1, 0.15) is 17.1 Å². The molecule has 1 aromatic carbocycles. The fourth-order valence-electron chi connectivity index (χ4n) is 2.99. The Kier molecular flexibility index (Phi) is 4.25. The molecular weight excluding hydrogens is 330 g/mol. The molecule has 1 fully saturated rings. The Balaban J connectivity index is 2.08. The highest BCUT2D eigenvalue weighted by molar-refractivity contribution is 5.93. The van der Waals surface area contributed by atoms with Crippen LogP contribution < -0.4 is 9.47 Å². The van der Waals surface area contributed by atoms with Crippen molar-refractivity contribution < 1.29 is 18.3 Å². The average Bonchev–Trinajstić information content (AvgIpc) is 2.87. The van der Waals surface area contributed by atoms with Crippen LogP contribution in [0.15, 0.2) is 29.3 Å². The summed E-state index contributed by atoms with van der Waals surface area (Å²) in [6, 6.07) is 4.58. The van der Waals surface area contributed by atoms with Crippen LogP contribution in [-0.4, -0.2) is 48.1 Å². The summed E-state index contributed by atoms with van der Waals surface area (Å²) in [7, 11) is 1.85. The fraction of sp³-hybridized carbons (Fsp3) is 0.412. The van der Waals surface area contributed by atoms with Crippen LogP contribution in [0.25, 0.3) is 5.70 Å². The molecule has 0 N–H and O–H groups in total. The first-order chi connectivity index (χ1) is 11.8. The fourth-order valence-corrected chi connectivity index (χ4v) is 2.99. The maximum absolute atomic E-state index is 12.5. The number of ether oxygens (including phenoxy) is 2. The number of guanidine groups is 1. The number of likely N-dealkylation sites (N-methyl/N-ethyl adjacent to an activating group) is 1. The van der Waals surface area contributed by atoms with E-state index in [2.05, 4.69) is 9.73 Å². The smallest absolute Gasteiger partial charge is 0.387 e. The molecule has 0 bridgehead atoms. The molecule has 1 saturated heterocycles. The van der Waals surface area contributed by atoms with Gasteiger partial charge in [-0.05, 0) is 38.1 Å². The second-order valence-corrected chi connectivity index (χ2v) is 6.36. The third kappa shape index (κ3) is 3.36. The highest BCUT2D eigenvalue weighted by Crippen LogP contribution is 2.40. The predicted molar refractivity (Wildman–Crippen MR) is 88.1 cm³/mol. The van der Waals surface area contributed by atoms with Crippen LogP contribution in [0.5, 0.6) is 11.5 Å². The molecule has 2 heterocycles. The molecule has 0 saturated carbocycles. The minimum Gasteiger partial charge on any atom is -0.483 e. The van der Waals surface area contributed by atoms with Crippen molar-refractivity contribution in [3.05, 3.63) is 29.8 Å². The molecule has 8 heteroatoms. The first-order valence-electron chi connectivity index (χ1n) is 7.77. The van der Waals surface area contributed by atoms with Crippen LogP contribution in [0.4, 0.5) is 8.78 Å². The molecule has 0 aliphatic carbocycles. The molecule has 6 nitrogen and oxygen atoms in total. The number of aliphatic imine (C=N–C) groups is 1. The Morgan fingerprint density at radius 3 is 2.80 bits per heavy atom. The van der Waals surface area contributed by atoms with Crippen molar-refractivity contribution in [2.75, 3.05) is 20.1 Å². The van der Waals surface area contributed by atoms with Crippen molar-refractivity contribution >= 4 is 11.7 Å². The number of benzene rings is 1. The molecular formula is C17H18F2N4O2. The van der Waals surface area contributed by atoms with Crippen LogP contribution in [0.3, 0.4) is 0 Å². The van der Waals surface area contributed by atoms with Gasteiger partial charge >= 0.3 is 6.61 Å². The van der Waals surface area contributed by atoms with E-state index in [-0.39, 0.29) is 5.75 Å². The summed E-state index contributed by atoms with van der Waals surface area (Å²) in [6.45, 7) is 2.22. The van der Waals surface area contributed by atoms with Gasteiger partial charge in [0.05, 0.1) is 5.70 Å². The Hall–Kier alpha value is -2.82. The maximum Gasteiger partial charge on any atom is 0.387 e. The molecule has 2 aliphatic rings. The third-order valence-corrected chi connectivity index (χ3v) is 3.99. The molecule has 2 aliphatic heterocycles. The van der Waals surface area contributed by atoms with E-state index < -0.39 is 12.2 Å². The summed E-state index contributed by atoms with van der Waals surface area (Å²) < 4.78 is 35.5. The van der Waals surface area contributed by atoms with Gasteiger partial charge < -0.3 is 19.3 Å². The van der Waals surface area contributed by atoms with E-state index in [1.54, 1.807) is 6.07 Å². The van der Waals surface area contributed by atoms with Crippen LogP contribution in [0.1, 0.15) is 19.4 Å². The molecule has 0 radical (unpaired) electrons. The van der Waals surface area contributed by atoms with E-state index in [0.29, 0.717) is 30.4 Å². The number of alkyl halides is 2. The molecule has 0 spiro atoms. The van der Waals surface area contributed by atoms with E-state index in [1.165, 1.54) is 12.1 Å². The predicted octanol–water partition coefficient (Wildman–Crippen LogP) is 2.88. The summed E-state index contributed by atoms with van der Waals surface area (Å²) in [5.74, 6) is 1.13. The normalized spacial score (nSPS) is 20.2. The van der Waals surface area contributed by atoms with Gasteiger partial charge in [0.25, 0.3) is 0 Å². The number of nitrogens with zero attached hydrogens (tertiary/aromatic N) is 4. The van der Waals surface area contributed by atoms with Crippen LogP contribution in [0, 0.1) is 11.5 Å². The maximum atomic E-state index is 12.5. The standard InChI is InChI=1S/C17H18F2N4O2/c1-17(2)9-13(23-7-6-22(3)16(23)21-10-20)12-8-11(24-15(18)19)4-5-14(12)25-17/h4-5,8-9,15H,6-7H2,1-3H3. The Morgan fingerprint density at radius 1 is 1.36 bits per heavy atom. The van der Waals surface area contributed by atoms with E-state index in [4.69, 9.17) is 10.00 Å². The van der Waals surface area contributed by atoms with Gasteiger partial charge in [-0.15, -0.1) is 4.99 Å². The topological polar surface area (TPSA) is 61.1 Å². The third-order valence-electron chi connectivity index (χ3n) is 3.99. The van der Waals surface area contributed by atoms with Crippen LogP contribution >= 0.6 is 0 Å². The quantitative estimate of drug-likeness (QED) is 0.786. The lowest BCUT2D eigenvalue weighted by Crippen LogP contribution is -2.36. The lowest BCUT2D eigenvalue weighted by molar-refractivity contribution is -0.0499. The zero-order valence-electron chi connectivity index (χ0n) is 14.2. The SMILES string of the molecule is CN1CCN(C2=CC(C)(C)Oc3ccc(OC(F)F)cc32)C1=NC#N. The van der Waals surface area contributed by atoms with Crippen molar-refractivity contribution in [2.45, 2.75) is 26.1 Å². The summed E-state index contributed by atoms with van der Waals surface area (Å²) >= 11 is 0.